The fourth-order valence-corrected chi connectivity index (χ4v) is 3.29. The molecule has 0 bridgehead atoms. The standard InChI is InChI=1S/C17H15N5/c18-8-13-16(10-5-6-11-9-20-22-15(11)7-10)12-3-1-2-4-14(12)21-17(13)19/h5-7,9H,1-4H2,(H2,19,21)(H,20,22). The molecule has 1 aliphatic carbocycles. The Morgan fingerprint density at radius 2 is 2.09 bits per heavy atom. The highest BCUT2D eigenvalue weighted by molar-refractivity contribution is 5.87. The molecular formula is C17H15N5. The molecule has 5 heteroatoms. The molecule has 1 aromatic carbocycles. The van der Waals surface area contributed by atoms with Crippen molar-refractivity contribution in [3.8, 4) is 17.2 Å². The van der Waals surface area contributed by atoms with Crippen LogP contribution < -0.4 is 5.73 Å². The number of nitrogens with one attached hydrogen (secondary N) is 1. The van der Waals surface area contributed by atoms with Crippen molar-refractivity contribution < 1.29 is 0 Å². The molecule has 108 valence electrons. The molecule has 0 saturated heterocycles. The average Bonchev–Trinajstić information content (AvgIpc) is 3.01. The third kappa shape index (κ3) is 1.85. The summed E-state index contributed by atoms with van der Waals surface area (Å²) in [6.07, 6.45) is 5.94. The summed E-state index contributed by atoms with van der Waals surface area (Å²) in [5.74, 6) is 0.336. The van der Waals surface area contributed by atoms with E-state index >= 15 is 0 Å². The molecule has 0 aliphatic heterocycles. The Labute approximate surface area is 127 Å². The van der Waals surface area contributed by atoms with Gasteiger partial charge in [0.25, 0.3) is 0 Å². The van der Waals surface area contributed by atoms with Gasteiger partial charge in [0.2, 0.25) is 0 Å². The summed E-state index contributed by atoms with van der Waals surface area (Å²) in [4.78, 5) is 4.46. The van der Waals surface area contributed by atoms with E-state index in [0.717, 1.165) is 53.4 Å². The lowest BCUT2D eigenvalue weighted by Crippen LogP contribution is -2.11. The normalized spacial score (nSPS) is 13.8. The summed E-state index contributed by atoms with van der Waals surface area (Å²) < 4.78 is 0. The highest BCUT2D eigenvalue weighted by Crippen LogP contribution is 2.36. The second kappa shape index (κ2) is 4.85. The molecule has 0 fully saturated rings. The third-order valence-electron chi connectivity index (χ3n) is 4.34. The van der Waals surface area contributed by atoms with Crippen molar-refractivity contribution in [2.45, 2.75) is 25.7 Å². The Balaban J connectivity index is 2.03. The Kier molecular flexibility index (Phi) is 2.83. The summed E-state index contributed by atoms with van der Waals surface area (Å²) >= 11 is 0. The van der Waals surface area contributed by atoms with Gasteiger partial charge in [0.1, 0.15) is 17.5 Å². The number of benzene rings is 1. The number of aromatic amines is 1. The first-order chi connectivity index (χ1) is 10.8. The van der Waals surface area contributed by atoms with Gasteiger partial charge in [-0.15, -0.1) is 0 Å². The fourth-order valence-electron chi connectivity index (χ4n) is 3.29. The first kappa shape index (κ1) is 12.8. The van der Waals surface area contributed by atoms with Crippen LogP contribution in [0.5, 0.6) is 0 Å². The first-order valence-corrected chi connectivity index (χ1v) is 7.43. The maximum absolute atomic E-state index is 9.55. The zero-order chi connectivity index (χ0) is 15.1. The number of nitrogens with two attached hydrogens (primary N) is 1. The van der Waals surface area contributed by atoms with Crippen LogP contribution in [0.2, 0.25) is 0 Å². The van der Waals surface area contributed by atoms with E-state index in [-0.39, 0.29) is 0 Å². The molecular weight excluding hydrogens is 274 g/mol. The molecule has 0 unspecified atom stereocenters. The van der Waals surface area contributed by atoms with Gasteiger partial charge in [-0.25, -0.2) is 4.98 Å². The molecule has 1 aliphatic rings. The highest BCUT2D eigenvalue weighted by atomic mass is 15.1. The maximum Gasteiger partial charge on any atom is 0.142 e. The van der Waals surface area contributed by atoms with Crippen molar-refractivity contribution in [1.29, 1.82) is 5.26 Å². The largest absolute Gasteiger partial charge is 0.383 e. The maximum atomic E-state index is 9.55. The number of H-pyrrole nitrogens is 1. The van der Waals surface area contributed by atoms with E-state index in [1.807, 2.05) is 18.2 Å². The number of hydrogen-bond donors (Lipinski definition) is 2. The smallest absolute Gasteiger partial charge is 0.142 e. The fraction of sp³-hybridized carbons (Fsp3) is 0.235. The Bertz CT molecular complexity index is 917. The van der Waals surface area contributed by atoms with Crippen LogP contribution in [0.25, 0.3) is 22.0 Å². The van der Waals surface area contributed by atoms with Crippen LogP contribution in [0.15, 0.2) is 24.4 Å². The number of anilines is 1. The number of rotatable bonds is 1. The number of aryl methyl sites for hydroxylation is 1. The molecule has 0 atom stereocenters. The highest BCUT2D eigenvalue weighted by Gasteiger charge is 2.22. The lowest BCUT2D eigenvalue weighted by atomic mass is 9.86. The molecule has 0 amide bonds. The zero-order valence-electron chi connectivity index (χ0n) is 12.1. The summed E-state index contributed by atoms with van der Waals surface area (Å²) in [7, 11) is 0. The van der Waals surface area contributed by atoms with E-state index < -0.39 is 0 Å². The van der Waals surface area contributed by atoms with Crippen molar-refractivity contribution in [1.82, 2.24) is 15.2 Å². The van der Waals surface area contributed by atoms with Crippen LogP contribution in [0, 0.1) is 11.3 Å². The lowest BCUT2D eigenvalue weighted by molar-refractivity contribution is 0.670. The van der Waals surface area contributed by atoms with E-state index in [9.17, 15) is 5.26 Å². The van der Waals surface area contributed by atoms with Crippen molar-refractivity contribution in [3.63, 3.8) is 0 Å². The molecule has 5 nitrogen and oxygen atoms in total. The van der Waals surface area contributed by atoms with Crippen molar-refractivity contribution >= 4 is 16.7 Å². The monoisotopic (exact) mass is 289 g/mol. The quantitative estimate of drug-likeness (QED) is 0.720. The summed E-state index contributed by atoms with van der Waals surface area (Å²) in [6.45, 7) is 0. The minimum Gasteiger partial charge on any atom is -0.383 e. The number of fused-ring (bicyclic) bond motifs is 2. The van der Waals surface area contributed by atoms with Crippen LogP contribution in [-0.2, 0) is 12.8 Å². The molecule has 0 radical (unpaired) electrons. The molecule has 0 spiro atoms. The Hall–Kier alpha value is -2.87. The van der Waals surface area contributed by atoms with E-state index in [1.54, 1.807) is 6.20 Å². The molecule has 3 aromatic rings. The molecule has 2 heterocycles. The number of nitrogens with zero attached hydrogens (tertiary/aromatic N) is 3. The van der Waals surface area contributed by atoms with E-state index in [4.69, 9.17) is 5.73 Å². The molecule has 22 heavy (non-hydrogen) atoms. The SMILES string of the molecule is N#Cc1c(N)nc2c(c1-c1ccc3cn[nH]c3c1)CCCC2. The van der Waals surface area contributed by atoms with Crippen LogP contribution in [0.3, 0.4) is 0 Å². The third-order valence-corrected chi connectivity index (χ3v) is 4.34. The van der Waals surface area contributed by atoms with E-state index in [1.165, 1.54) is 5.56 Å². The topological polar surface area (TPSA) is 91.4 Å². The van der Waals surface area contributed by atoms with Gasteiger partial charge in [-0.3, -0.25) is 5.10 Å². The first-order valence-electron chi connectivity index (χ1n) is 7.43. The summed E-state index contributed by atoms with van der Waals surface area (Å²) in [6, 6.07) is 8.32. The van der Waals surface area contributed by atoms with Crippen molar-refractivity contribution in [2.24, 2.45) is 0 Å². The number of hydrogen-bond acceptors (Lipinski definition) is 4. The Morgan fingerprint density at radius 3 is 2.95 bits per heavy atom. The predicted octanol–water partition coefficient (Wildman–Crippen LogP) is 2.96. The van der Waals surface area contributed by atoms with Gasteiger partial charge in [-0.05, 0) is 42.9 Å². The lowest BCUT2D eigenvalue weighted by Gasteiger charge is -2.21. The van der Waals surface area contributed by atoms with Crippen LogP contribution in [0.1, 0.15) is 29.7 Å². The van der Waals surface area contributed by atoms with E-state index in [2.05, 4.69) is 21.3 Å². The van der Waals surface area contributed by atoms with Gasteiger partial charge in [-0.2, -0.15) is 10.4 Å². The second-order valence-corrected chi connectivity index (χ2v) is 5.66. The van der Waals surface area contributed by atoms with Gasteiger partial charge in [-0.1, -0.05) is 12.1 Å². The second-order valence-electron chi connectivity index (χ2n) is 5.66. The molecule has 4 rings (SSSR count). The number of pyridine rings is 1. The van der Waals surface area contributed by atoms with Gasteiger partial charge in [0.05, 0.1) is 11.7 Å². The molecule has 2 aromatic heterocycles. The minimum atomic E-state index is 0.336. The number of nitrogen functional groups attached to an aromatic ring is 1. The van der Waals surface area contributed by atoms with E-state index in [0.29, 0.717) is 11.4 Å². The molecule has 0 saturated carbocycles. The van der Waals surface area contributed by atoms with Crippen LogP contribution >= 0.6 is 0 Å². The van der Waals surface area contributed by atoms with Gasteiger partial charge < -0.3 is 5.73 Å². The van der Waals surface area contributed by atoms with Gasteiger partial charge >= 0.3 is 0 Å². The van der Waals surface area contributed by atoms with Gasteiger partial charge in [0.15, 0.2) is 0 Å². The summed E-state index contributed by atoms with van der Waals surface area (Å²) in [5, 5.41) is 17.6. The van der Waals surface area contributed by atoms with Crippen LogP contribution in [0.4, 0.5) is 5.82 Å². The number of nitriles is 1. The number of aromatic nitrogens is 3. The van der Waals surface area contributed by atoms with Crippen LogP contribution in [-0.4, -0.2) is 15.2 Å². The Morgan fingerprint density at radius 1 is 1.23 bits per heavy atom. The predicted molar refractivity (Wildman–Crippen MR) is 85.1 cm³/mol. The molecule has 3 N–H and O–H groups in total. The van der Waals surface area contributed by atoms with Gasteiger partial charge in [0, 0.05) is 16.6 Å². The average molecular weight is 289 g/mol. The summed E-state index contributed by atoms with van der Waals surface area (Å²) in [5.41, 5.74) is 11.6. The zero-order valence-corrected chi connectivity index (χ0v) is 12.1. The van der Waals surface area contributed by atoms with Crippen molar-refractivity contribution in [3.05, 3.63) is 41.2 Å². The van der Waals surface area contributed by atoms with Crippen molar-refractivity contribution in [2.75, 3.05) is 5.73 Å². The minimum absolute atomic E-state index is 0.336.